The summed E-state index contributed by atoms with van der Waals surface area (Å²) in [6.07, 6.45) is 0. The third kappa shape index (κ3) is 5.34. The van der Waals surface area contributed by atoms with Crippen molar-refractivity contribution in [3.63, 3.8) is 0 Å². The molecular weight excluding hydrogens is 796 g/mol. The summed E-state index contributed by atoms with van der Waals surface area (Å²) in [4.78, 5) is 0. The number of fused-ring (bicyclic) bond motifs is 14. The maximum atomic E-state index is 6.84. The Balaban J connectivity index is 1.10. The van der Waals surface area contributed by atoms with Crippen molar-refractivity contribution in [1.82, 2.24) is 4.57 Å². The predicted molar refractivity (Wildman–Crippen MR) is 276 cm³/mol. The Bertz CT molecular complexity index is 3830. The Hall–Kier alpha value is -6.56. The summed E-state index contributed by atoms with van der Waals surface area (Å²) >= 11 is 1.88. The molecule has 1 aliphatic heterocycles. The van der Waals surface area contributed by atoms with Gasteiger partial charge < -0.3 is 14.3 Å². The van der Waals surface area contributed by atoms with Gasteiger partial charge in [-0.3, -0.25) is 0 Å². The van der Waals surface area contributed by atoms with Crippen LogP contribution >= 0.6 is 11.3 Å². The fraction of sp³-hybridized carbons (Fsp3) is 0.186. The summed E-state index contributed by atoms with van der Waals surface area (Å²) in [6, 6.07) is 52.8. The van der Waals surface area contributed by atoms with E-state index in [-0.39, 0.29) is 16.2 Å². The number of anilines is 2. The van der Waals surface area contributed by atoms with Crippen LogP contribution < -0.4 is 16.2 Å². The molecule has 4 heterocycles. The first-order valence-corrected chi connectivity index (χ1v) is 23.5. The molecule has 3 aromatic heterocycles. The van der Waals surface area contributed by atoms with Crippen LogP contribution in [0, 0.1) is 0 Å². The Morgan fingerprint density at radius 2 is 1.28 bits per heavy atom. The molecule has 309 valence electrons. The molecule has 8 aromatic carbocycles. The number of nitrogens with zero attached hydrogens (tertiary/aromatic N) is 1. The van der Waals surface area contributed by atoms with E-state index >= 15 is 0 Å². The van der Waals surface area contributed by atoms with Gasteiger partial charge in [0.15, 0.2) is 7.28 Å². The van der Waals surface area contributed by atoms with Gasteiger partial charge in [-0.1, -0.05) is 140 Å². The molecular formula is C59H48BN2OS. The zero-order chi connectivity index (χ0) is 43.6. The van der Waals surface area contributed by atoms with Gasteiger partial charge in [-0.2, -0.15) is 0 Å². The van der Waals surface area contributed by atoms with Gasteiger partial charge in [-0.05, 0) is 116 Å². The smallest absolute Gasteiger partial charge is 0.197 e. The molecule has 0 saturated heterocycles. The molecule has 11 aromatic rings. The lowest BCUT2D eigenvalue weighted by Gasteiger charge is -2.24. The molecule has 1 aliphatic carbocycles. The molecule has 13 rings (SSSR count). The van der Waals surface area contributed by atoms with Gasteiger partial charge in [0.05, 0.1) is 5.52 Å². The van der Waals surface area contributed by atoms with Crippen LogP contribution in [0.25, 0.3) is 91.9 Å². The van der Waals surface area contributed by atoms with Crippen molar-refractivity contribution in [3.05, 3.63) is 162 Å². The average Bonchev–Trinajstić information content (AvgIpc) is 3.98. The van der Waals surface area contributed by atoms with E-state index in [1.54, 1.807) is 0 Å². The van der Waals surface area contributed by atoms with Crippen molar-refractivity contribution in [2.24, 2.45) is 0 Å². The van der Waals surface area contributed by atoms with Crippen LogP contribution in [0.2, 0.25) is 0 Å². The molecule has 0 unspecified atom stereocenters. The van der Waals surface area contributed by atoms with Crippen molar-refractivity contribution in [2.45, 2.75) is 71.6 Å². The molecule has 1 radical (unpaired) electrons. The van der Waals surface area contributed by atoms with Gasteiger partial charge in [0, 0.05) is 75.3 Å². The van der Waals surface area contributed by atoms with Crippen molar-refractivity contribution in [2.75, 3.05) is 5.32 Å². The van der Waals surface area contributed by atoms with Gasteiger partial charge in [0.2, 0.25) is 0 Å². The second-order valence-electron chi connectivity index (χ2n) is 20.9. The van der Waals surface area contributed by atoms with Crippen molar-refractivity contribution < 1.29 is 4.42 Å². The summed E-state index contributed by atoms with van der Waals surface area (Å²) in [5.74, 6) is 0. The largest absolute Gasteiger partial charge is 0.456 e. The van der Waals surface area contributed by atoms with E-state index in [4.69, 9.17) is 4.42 Å². The van der Waals surface area contributed by atoms with Crippen molar-refractivity contribution >= 4 is 105 Å². The third-order valence-corrected chi connectivity index (χ3v) is 15.7. The quantitative estimate of drug-likeness (QED) is 0.180. The normalized spacial score (nSPS) is 14.2. The van der Waals surface area contributed by atoms with Gasteiger partial charge >= 0.3 is 0 Å². The van der Waals surface area contributed by atoms with E-state index in [1.807, 2.05) is 11.3 Å². The number of hydrogen-bond donors (Lipinski definition) is 1. The first-order valence-electron chi connectivity index (χ1n) is 22.7. The third-order valence-electron chi connectivity index (χ3n) is 14.5. The van der Waals surface area contributed by atoms with Gasteiger partial charge in [0.25, 0.3) is 0 Å². The average molecular weight is 844 g/mol. The SMILES string of the molecule is CC(C)(C)c1ccc(Nc2cc3c(cc2-c2ccc4c5cc6c(cc5n5c4c2[B]c2cc4sc7ccccc7c4cc2-5)-c2ccccc2C6(C)C)oc2cc(C(C)(C)C)ccc23)cc1. The number of thiophene rings is 1. The molecule has 0 atom stereocenters. The lowest BCUT2D eigenvalue weighted by Crippen LogP contribution is -2.37. The predicted octanol–water partition coefficient (Wildman–Crippen LogP) is 15.3. The molecule has 0 bridgehead atoms. The molecule has 0 fully saturated rings. The van der Waals surface area contributed by atoms with E-state index < -0.39 is 0 Å². The standard InChI is InChI=1S/C59H48BN2OS/c1-57(2,3)32-17-20-34(21-18-32)61-48-27-43-36-22-19-33(58(4,5)6)25-51(36)63-52(43)30-41(48)38-23-24-39-42-26-46-40(35-13-9-11-15-45(35)59(46,7)8)28-49(42)62-50-29-44-37-14-10-12-16-53(37)64-54(44)31-47(50)60-55(38)56(39)62/h9-31,61H,1-8H3. The first-order chi connectivity index (χ1) is 30.7. The summed E-state index contributed by atoms with van der Waals surface area (Å²) in [5.41, 5.74) is 20.3. The molecule has 2 aliphatic rings. The van der Waals surface area contributed by atoms with Crippen molar-refractivity contribution in [1.29, 1.82) is 0 Å². The fourth-order valence-electron chi connectivity index (χ4n) is 11.0. The van der Waals surface area contributed by atoms with Crippen molar-refractivity contribution in [3.8, 4) is 27.9 Å². The number of benzene rings is 8. The van der Waals surface area contributed by atoms with E-state index in [0.29, 0.717) is 0 Å². The number of aromatic nitrogens is 1. The minimum Gasteiger partial charge on any atom is -0.456 e. The van der Waals surface area contributed by atoms with Crippen LogP contribution in [-0.2, 0) is 16.2 Å². The molecule has 3 nitrogen and oxygen atoms in total. The zero-order valence-electron chi connectivity index (χ0n) is 37.6. The van der Waals surface area contributed by atoms with E-state index in [1.165, 1.54) is 97.5 Å². The van der Waals surface area contributed by atoms with E-state index in [2.05, 4.69) is 212 Å². The maximum absolute atomic E-state index is 6.84. The number of rotatable bonds is 3. The topological polar surface area (TPSA) is 30.1 Å². The molecule has 0 amide bonds. The van der Waals surface area contributed by atoms with E-state index in [9.17, 15) is 0 Å². The molecule has 5 heteroatoms. The molecule has 1 N–H and O–H groups in total. The summed E-state index contributed by atoms with van der Waals surface area (Å²) in [7, 11) is 2.46. The van der Waals surface area contributed by atoms with Gasteiger partial charge in [0.1, 0.15) is 11.2 Å². The van der Waals surface area contributed by atoms with Crippen LogP contribution in [0.5, 0.6) is 0 Å². The Morgan fingerprint density at radius 1 is 0.547 bits per heavy atom. The maximum Gasteiger partial charge on any atom is 0.197 e. The van der Waals surface area contributed by atoms with Crippen LogP contribution in [0.1, 0.15) is 77.6 Å². The zero-order valence-corrected chi connectivity index (χ0v) is 38.4. The second-order valence-corrected chi connectivity index (χ2v) is 22.0. The lowest BCUT2D eigenvalue weighted by molar-refractivity contribution is 0.587. The first kappa shape index (κ1) is 38.0. The molecule has 0 spiro atoms. The van der Waals surface area contributed by atoms with Crippen LogP contribution in [0.15, 0.2) is 144 Å². The van der Waals surface area contributed by atoms with Crippen LogP contribution in [0.3, 0.4) is 0 Å². The van der Waals surface area contributed by atoms with Gasteiger partial charge in [-0.25, -0.2) is 0 Å². The monoisotopic (exact) mass is 843 g/mol. The highest BCUT2D eigenvalue weighted by molar-refractivity contribution is 7.26. The summed E-state index contributed by atoms with van der Waals surface area (Å²) < 4.78 is 12.1. The number of hydrogen-bond acceptors (Lipinski definition) is 3. The number of nitrogens with one attached hydrogen (secondary N) is 1. The summed E-state index contributed by atoms with van der Waals surface area (Å²) in [6.45, 7) is 18.4. The molecule has 0 saturated carbocycles. The van der Waals surface area contributed by atoms with Crippen LogP contribution in [-0.4, -0.2) is 11.8 Å². The highest BCUT2D eigenvalue weighted by atomic mass is 32.1. The lowest BCUT2D eigenvalue weighted by atomic mass is 9.59. The Kier molecular flexibility index (Phi) is 7.59. The number of furan rings is 1. The highest BCUT2D eigenvalue weighted by Crippen LogP contribution is 2.52. The Morgan fingerprint density at radius 3 is 2.09 bits per heavy atom. The fourth-order valence-corrected chi connectivity index (χ4v) is 12.2. The summed E-state index contributed by atoms with van der Waals surface area (Å²) in [5, 5.41) is 11.4. The Labute approximate surface area is 378 Å². The van der Waals surface area contributed by atoms with Gasteiger partial charge in [-0.15, -0.1) is 11.3 Å². The second kappa shape index (κ2) is 12.8. The minimum absolute atomic E-state index is 0.00755. The highest BCUT2D eigenvalue weighted by Gasteiger charge is 2.37. The van der Waals surface area contributed by atoms with Crippen LogP contribution in [0.4, 0.5) is 11.4 Å². The minimum atomic E-state index is -0.107. The molecule has 64 heavy (non-hydrogen) atoms. The van der Waals surface area contributed by atoms with E-state index in [0.717, 1.165) is 38.9 Å².